The van der Waals surface area contributed by atoms with E-state index in [1.165, 1.54) is 11.0 Å². The average Bonchev–Trinajstić information content (AvgIpc) is 2.55. The zero-order valence-electron chi connectivity index (χ0n) is 11.4. The van der Waals surface area contributed by atoms with Crippen LogP contribution in [0.2, 0.25) is 0 Å². The van der Waals surface area contributed by atoms with Crippen molar-refractivity contribution in [2.75, 3.05) is 7.11 Å². The molecule has 0 fully saturated rings. The molecule has 0 aliphatic rings. The van der Waals surface area contributed by atoms with E-state index in [2.05, 4.69) is 10.1 Å². The number of hydrogen-bond acceptors (Lipinski definition) is 4. The van der Waals surface area contributed by atoms with Gasteiger partial charge in [-0.15, -0.1) is 0 Å². The zero-order valence-corrected chi connectivity index (χ0v) is 11.4. The molecule has 21 heavy (non-hydrogen) atoms. The summed E-state index contributed by atoms with van der Waals surface area (Å²) < 4.78 is 6.46. The van der Waals surface area contributed by atoms with Crippen LogP contribution in [0.25, 0.3) is 10.9 Å². The Morgan fingerprint density at radius 3 is 2.76 bits per heavy atom. The lowest BCUT2D eigenvalue weighted by molar-refractivity contribution is 0.414. The molecular formula is C16H13N3O2. The normalized spacial score (nSPS) is 11.1. The van der Waals surface area contributed by atoms with Crippen LogP contribution in [0, 0.1) is 0 Å². The molecule has 0 N–H and O–H groups in total. The van der Waals surface area contributed by atoms with Crippen molar-refractivity contribution in [1.29, 1.82) is 0 Å². The molecule has 1 aromatic heterocycles. The van der Waals surface area contributed by atoms with Crippen LogP contribution in [0.4, 0.5) is 0 Å². The minimum atomic E-state index is -0.202. The van der Waals surface area contributed by atoms with Crippen LogP contribution in [0.1, 0.15) is 5.56 Å². The van der Waals surface area contributed by atoms with Gasteiger partial charge in [0.25, 0.3) is 5.56 Å². The molecule has 0 aliphatic heterocycles. The van der Waals surface area contributed by atoms with Crippen molar-refractivity contribution >= 4 is 17.1 Å². The van der Waals surface area contributed by atoms with E-state index in [0.29, 0.717) is 16.7 Å². The van der Waals surface area contributed by atoms with Gasteiger partial charge in [0.2, 0.25) is 0 Å². The second kappa shape index (κ2) is 5.58. The Morgan fingerprint density at radius 2 is 1.90 bits per heavy atom. The van der Waals surface area contributed by atoms with Gasteiger partial charge in [0.15, 0.2) is 0 Å². The molecule has 0 saturated heterocycles. The van der Waals surface area contributed by atoms with Crippen molar-refractivity contribution in [3.05, 3.63) is 70.8 Å². The van der Waals surface area contributed by atoms with Crippen LogP contribution in [0.5, 0.6) is 5.75 Å². The molecule has 0 saturated carbocycles. The summed E-state index contributed by atoms with van der Waals surface area (Å²) in [5, 5.41) is 4.71. The molecule has 0 spiro atoms. The first-order chi connectivity index (χ1) is 10.3. The van der Waals surface area contributed by atoms with Crippen LogP contribution in [-0.2, 0) is 0 Å². The highest BCUT2D eigenvalue weighted by atomic mass is 16.5. The number of aromatic nitrogens is 2. The number of methoxy groups -OCH3 is 1. The standard InChI is InChI=1S/C16H13N3O2/c1-21-15-9-5-2-6-12(15)10-18-19-11-17-14-8-4-3-7-13(14)16(19)20/h2-11H,1H3/b18-10+. The predicted octanol–water partition coefficient (Wildman–Crippen LogP) is 2.29. The first-order valence-electron chi connectivity index (χ1n) is 6.43. The molecular weight excluding hydrogens is 266 g/mol. The molecule has 0 atom stereocenters. The van der Waals surface area contributed by atoms with Crippen molar-refractivity contribution in [2.45, 2.75) is 0 Å². The summed E-state index contributed by atoms with van der Waals surface area (Å²) >= 11 is 0. The fraction of sp³-hybridized carbons (Fsp3) is 0.0625. The lowest BCUT2D eigenvalue weighted by Crippen LogP contribution is -2.17. The van der Waals surface area contributed by atoms with E-state index in [4.69, 9.17) is 4.74 Å². The summed E-state index contributed by atoms with van der Waals surface area (Å²) in [6.45, 7) is 0. The molecule has 0 bridgehead atoms. The average molecular weight is 279 g/mol. The molecule has 1 heterocycles. The summed E-state index contributed by atoms with van der Waals surface area (Å²) in [4.78, 5) is 16.5. The highest BCUT2D eigenvalue weighted by Crippen LogP contribution is 2.14. The molecule has 104 valence electrons. The van der Waals surface area contributed by atoms with E-state index in [-0.39, 0.29) is 5.56 Å². The van der Waals surface area contributed by atoms with Crippen molar-refractivity contribution in [3.63, 3.8) is 0 Å². The van der Waals surface area contributed by atoms with Crippen LogP contribution in [0.3, 0.4) is 0 Å². The van der Waals surface area contributed by atoms with Crippen molar-refractivity contribution in [3.8, 4) is 5.75 Å². The zero-order chi connectivity index (χ0) is 14.7. The Morgan fingerprint density at radius 1 is 1.14 bits per heavy atom. The minimum Gasteiger partial charge on any atom is -0.496 e. The summed E-state index contributed by atoms with van der Waals surface area (Å²) in [5.41, 5.74) is 1.25. The van der Waals surface area contributed by atoms with Gasteiger partial charge in [-0.3, -0.25) is 4.79 Å². The van der Waals surface area contributed by atoms with E-state index >= 15 is 0 Å². The van der Waals surface area contributed by atoms with E-state index in [9.17, 15) is 4.79 Å². The summed E-state index contributed by atoms with van der Waals surface area (Å²) in [7, 11) is 1.59. The second-order valence-electron chi connectivity index (χ2n) is 4.40. The van der Waals surface area contributed by atoms with E-state index in [0.717, 1.165) is 5.56 Å². The molecule has 3 aromatic rings. The Balaban J connectivity index is 2.04. The van der Waals surface area contributed by atoms with Crippen LogP contribution >= 0.6 is 0 Å². The maximum Gasteiger partial charge on any atom is 0.281 e. The minimum absolute atomic E-state index is 0.202. The van der Waals surface area contributed by atoms with Crippen LogP contribution in [-0.4, -0.2) is 23.0 Å². The monoisotopic (exact) mass is 279 g/mol. The van der Waals surface area contributed by atoms with Gasteiger partial charge >= 0.3 is 0 Å². The Bertz CT molecular complexity index is 869. The van der Waals surface area contributed by atoms with E-state index in [1.54, 1.807) is 31.5 Å². The maximum absolute atomic E-state index is 12.3. The molecule has 0 aliphatic carbocycles. The number of fused-ring (bicyclic) bond motifs is 1. The van der Waals surface area contributed by atoms with Crippen molar-refractivity contribution < 1.29 is 4.74 Å². The smallest absolute Gasteiger partial charge is 0.281 e. The highest BCUT2D eigenvalue weighted by Gasteiger charge is 2.02. The quantitative estimate of drug-likeness (QED) is 0.691. The van der Waals surface area contributed by atoms with Gasteiger partial charge in [-0.05, 0) is 24.3 Å². The van der Waals surface area contributed by atoms with Crippen molar-refractivity contribution in [1.82, 2.24) is 9.66 Å². The van der Waals surface area contributed by atoms with Gasteiger partial charge in [0.1, 0.15) is 12.1 Å². The fourth-order valence-corrected chi connectivity index (χ4v) is 2.04. The number of ether oxygens (including phenoxy) is 1. The summed E-state index contributed by atoms with van der Waals surface area (Å²) in [6, 6.07) is 14.6. The molecule has 5 nitrogen and oxygen atoms in total. The highest BCUT2D eigenvalue weighted by molar-refractivity contribution is 5.83. The number of para-hydroxylation sites is 2. The van der Waals surface area contributed by atoms with Gasteiger partial charge in [0, 0.05) is 5.56 Å². The third-order valence-corrected chi connectivity index (χ3v) is 3.11. The fourth-order valence-electron chi connectivity index (χ4n) is 2.04. The maximum atomic E-state index is 12.3. The van der Waals surface area contributed by atoms with Gasteiger partial charge in [-0.25, -0.2) is 4.98 Å². The van der Waals surface area contributed by atoms with Gasteiger partial charge in [-0.1, -0.05) is 24.3 Å². The first-order valence-corrected chi connectivity index (χ1v) is 6.43. The summed E-state index contributed by atoms with van der Waals surface area (Å²) in [5.74, 6) is 0.697. The lowest BCUT2D eigenvalue weighted by Gasteiger charge is -2.03. The first kappa shape index (κ1) is 13.1. The molecule has 0 amide bonds. The largest absolute Gasteiger partial charge is 0.496 e. The summed E-state index contributed by atoms with van der Waals surface area (Å²) in [6.07, 6.45) is 2.99. The number of nitrogens with zero attached hydrogens (tertiary/aromatic N) is 3. The third kappa shape index (κ3) is 2.53. The Labute approximate surface area is 121 Å². The molecule has 0 unspecified atom stereocenters. The van der Waals surface area contributed by atoms with Crippen LogP contribution in [0.15, 0.2) is 64.8 Å². The molecule has 0 radical (unpaired) electrons. The topological polar surface area (TPSA) is 56.5 Å². The SMILES string of the molecule is COc1ccccc1/C=N/n1cnc2ccccc2c1=O. The Kier molecular flexibility index (Phi) is 3.47. The third-order valence-electron chi connectivity index (χ3n) is 3.11. The number of benzene rings is 2. The van der Waals surface area contributed by atoms with Gasteiger partial charge in [0.05, 0.1) is 24.2 Å². The van der Waals surface area contributed by atoms with Gasteiger partial charge in [-0.2, -0.15) is 9.78 Å². The molecule has 3 rings (SSSR count). The molecule has 5 heteroatoms. The number of hydrogen-bond donors (Lipinski definition) is 0. The van der Waals surface area contributed by atoms with Gasteiger partial charge < -0.3 is 4.74 Å². The molecule has 2 aromatic carbocycles. The second-order valence-corrected chi connectivity index (χ2v) is 4.40. The number of rotatable bonds is 3. The van der Waals surface area contributed by atoms with Crippen molar-refractivity contribution in [2.24, 2.45) is 5.10 Å². The van der Waals surface area contributed by atoms with E-state index in [1.807, 2.05) is 30.3 Å². The van der Waals surface area contributed by atoms with Crippen LogP contribution < -0.4 is 10.3 Å². The Hall–Kier alpha value is -2.95. The van der Waals surface area contributed by atoms with E-state index < -0.39 is 0 Å². The predicted molar refractivity (Wildman–Crippen MR) is 82.0 cm³/mol. The lowest BCUT2D eigenvalue weighted by atomic mass is 10.2.